The maximum absolute atomic E-state index is 11.6. The number of rotatable bonds is 0. The number of nitrogens with zero attached hydrogens (tertiary/aromatic N) is 2. The molecule has 0 aromatic carbocycles. The van der Waals surface area contributed by atoms with Gasteiger partial charge in [0.2, 0.25) is 0 Å². The van der Waals surface area contributed by atoms with Gasteiger partial charge in [0.05, 0.1) is 13.1 Å². The van der Waals surface area contributed by atoms with Gasteiger partial charge in [0, 0.05) is 0 Å². The normalized spacial score (nSPS) is 18.2. The van der Waals surface area contributed by atoms with E-state index >= 15 is 0 Å². The third-order valence-corrected chi connectivity index (χ3v) is 2.02. The molecular weight excluding hydrogens is 180 g/mol. The molecule has 0 aliphatic carbocycles. The van der Waals surface area contributed by atoms with Gasteiger partial charge in [-0.15, -0.1) is 0 Å². The van der Waals surface area contributed by atoms with Crippen molar-refractivity contribution in [2.45, 2.75) is 26.4 Å². The van der Waals surface area contributed by atoms with Crippen molar-refractivity contribution in [3.63, 3.8) is 0 Å². The van der Waals surface area contributed by atoms with Crippen LogP contribution in [0.1, 0.15) is 20.8 Å². The Morgan fingerprint density at radius 3 is 2.29 bits per heavy atom. The minimum absolute atomic E-state index is 0.217. The summed E-state index contributed by atoms with van der Waals surface area (Å²) in [5.41, 5.74) is -0.404. The zero-order valence-electron chi connectivity index (χ0n) is 9.25. The number of carbonyl (C=O) groups excluding carboxylic acids is 1. The molecule has 0 saturated carbocycles. The quantitative estimate of drug-likeness (QED) is 0.544. The fourth-order valence-electron chi connectivity index (χ4n) is 1.26. The van der Waals surface area contributed by atoms with Crippen LogP contribution >= 0.6 is 0 Å². The second-order valence-electron chi connectivity index (χ2n) is 4.59. The van der Waals surface area contributed by atoms with Gasteiger partial charge in [-0.1, -0.05) is 0 Å². The summed E-state index contributed by atoms with van der Waals surface area (Å²) in [7, 11) is 0. The third-order valence-electron chi connectivity index (χ3n) is 2.02. The van der Waals surface area contributed by atoms with E-state index in [2.05, 4.69) is 6.72 Å². The predicted molar refractivity (Wildman–Crippen MR) is 54.9 cm³/mol. The first-order valence-electron chi connectivity index (χ1n) is 4.92. The standard InChI is InChI=1S/C10H19N2O2/c1-10(2,3)14-9(13)12-7-5-11(4)6-8-12/h4-8H2,1-3H3/q+1. The van der Waals surface area contributed by atoms with Crippen LogP contribution in [0.25, 0.3) is 0 Å². The average molecular weight is 199 g/mol. The van der Waals surface area contributed by atoms with E-state index in [9.17, 15) is 4.79 Å². The van der Waals surface area contributed by atoms with Gasteiger partial charge in [-0.05, 0) is 20.8 Å². The Balaban J connectivity index is 2.42. The predicted octanol–water partition coefficient (Wildman–Crippen LogP) is 0.950. The molecule has 0 spiro atoms. The maximum atomic E-state index is 11.6. The van der Waals surface area contributed by atoms with E-state index in [-0.39, 0.29) is 6.09 Å². The molecule has 0 N–H and O–H groups in total. The van der Waals surface area contributed by atoms with Gasteiger partial charge < -0.3 is 4.74 Å². The second-order valence-corrected chi connectivity index (χ2v) is 4.59. The van der Waals surface area contributed by atoms with Crippen molar-refractivity contribution in [1.29, 1.82) is 0 Å². The summed E-state index contributed by atoms with van der Waals surface area (Å²) < 4.78 is 7.22. The summed E-state index contributed by atoms with van der Waals surface area (Å²) in [5, 5.41) is 0. The van der Waals surface area contributed by atoms with E-state index in [4.69, 9.17) is 4.74 Å². The van der Waals surface area contributed by atoms with E-state index < -0.39 is 5.60 Å². The zero-order chi connectivity index (χ0) is 10.8. The number of hydrogen-bond donors (Lipinski definition) is 0. The van der Waals surface area contributed by atoms with Crippen molar-refractivity contribution >= 4 is 12.8 Å². The van der Waals surface area contributed by atoms with Crippen molar-refractivity contribution in [3.05, 3.63) is 0 Å². The van der Waals surface area contributed by atoms with Crippen LogP contribution in [0.15, 0.2) is 0 Å². The number of amides is 1. The van der Waals surface area contributed by atoms with Gasteiger partial charge in [0.15, 0.2) is 13.1 Å². The molecule has 1 heterocycles. The van der Waals surface area contributed by atoms with Crippen molar-refractivity contribution < 1.29 is 14.1 Å². The highest BCUT2D eigenvalue weighted by Gasteiger charge is 2.26. The van der Waals surface area contributed by atoms with Crippen LogP contribution in [0.4, 0.5) is 4.79 Å². The molecule has 0 atom stereocenters. The van der Waals surface area contributed by atoms with Crippen molar-refractivity contribution in [2.24, 2.45) is 0 Å². The molecule has 0 bridgehead atoms. The van der Waals surface area contributed by atoms with Crippen LogP contribution in [0.2, 0.25) is 0 Å². The first kappa shape index (κ1) is 11.0. The first-order chi connectivity index (χ1) is 6.38. The Bertz CT molecular complexity index is 233. The summed E-state index contributed by atoms with van der Waals surface area (Å²) in [6.07, 6.45) is -0.217. The molecule has 0 radical (unpaired) electrons. The number of hydrogen-bond acceptors (Lipinski definition) is 2. The van der Waals surface area contributed by atoms with Gasteiger partial charge in [0.1, 0.15) is 12.3 Å². The van der Waals surface area contributed by atoms with E-state index in [0.29, 0.717) is 13.1 Å². The smallest absolute Gasteiger partial charge is 0.410 e. The summed E-state index contributed by atoms with van der Waals surface area (Å²) in [6.45, 7) is 12.5. The topological polar surface area (TPSA) is 32.5 Å². The molecule has 1 fully saturated rings. The molecular formula is C10H19N2O2+. The van der Waals surface area contributed by atoms with Crippen LogP contribution in [-0.4, -0.2) is 54.1 Å². The lowest BCUT2D eigenvalue weighted by Gasteiger charge is -2.28. The maximum Gasteiger partial charge on any atom is 0.410 e. The molecule has 4 nitrogen and oxygen atoms in total. The highest BCUT2D eigenvalue weighted by atomic mass is 16.6. The fourth-order valence-corrected chi connectivity index (χ4v) is 1.26. The lowest BCUT2D eigenvalue weighted by Crippen LogP contribution is -2.46. The second kappa shape index (κ2) is 3.98. The average Bonchev–Trinajstić information content (AvgIpc) is 2.02. The Morgan fingerprint density at radius 2 is 1.86 bits per heavy atom. The molecule has 0 aromatic rings. The molecule has 1 aliphatic rings. The third kappa shape index (κ3) is 3.36. The minimum atomic E-state index is -0.404. The van der Waals surface area contributed by atoms with Crippen LogP contribution in [0.3, 0.4) is 0 Å². The lowest BCUT2D eigenvalue weighted by molar-refractivity contribution is -0.530. The molecule has 1 rings (SSSR count). The van der Waals surface area contributed by atoms with Crippen molar-refractivity contribution in [1.82, 2.24) is 4.90 Å². The van der Waals surface area contributed by atoms with E-state index in [0.717, 1.165) is 13.1 Å². The molecule has 1 aliphatic heterocycles. The van der Waals surface area contributed by atoms with Crippen molar-refractivity contribution in [3.8, 4) is 0 Å². The summed E-state index contributed by atoms with van der Waals surface area (Å²) in [5.74, 6) is 0. The summed E-state index contributed by atoms with van der Waals surface area (Å²) in [6, 6.07) is 0. The monoisotopic (exact) mass is 199 g/mol. The van der Waals surface area contributed by atoms with Crippen LogP contribution < -0.4 is 0 Å². The molecule has 80 valence electrons. The first-order valence-corrected chi connectivity index (χ1v) is 4.92. The Hall–Kier alpha value is -1.06. The molecule has 1 amide bonds. The van der Waals surface area contributed by atoms with E-state index in [1.807, 2.05) is 25.3 Å². The van der Waals surface area contributed by atoms with Gasteiger partial charge in [-0.25, -0.2) is 9.37 Å². The van der Waals surface area contributed by atoms with Gasteiger partial charge in [-0.3, -0.25) is 4.90 Å². The number of ether oxygens (including phenoxy) is 1. The highest BCUT2D eigenvalue weighted by molar-refractivity contribution is 5.68. The number of piperazine rings is 1. The molecule has 0 unspecified atom stereocenters. The van der Waals surface area contributed by atoms with Crippen LogP contribution in [0.5, 0.6) is 0 Å². The molecule has 14 heavy (non-hydrogen) atoms. The summed E-state index contributed by atoms with van der Waals surface area (Å²) >= 11 is 0. The van der Waals surface area contributed by atoms with Crippen LogP contribution in [0, 0.1) is 0 Å². The lowest BCUT2D eigenvalue weighted by atomic mass is 10.2. The van der Waals surface area contributed by atoms with Crippen LogP contribution in [-0.2, 0) is 4.74 Å². The largest absolute Gasteiger partial charge is 0.444 e. The Kier molecular flexibility index (Phi) is 3.13. The fraction of sp³-hybridized carbons (Fsp3) is 0.800. The van der Waals surface area contributed by atoms with Crippen molar-refractivity contribution in [2.75, 3.05) is 26.2 Å². The molecule has 0 aromatic heterocycles. The van der Waals surface area contributed by atoms with Gasteiger partial charge >= 0.3 is 6.09 Å². The highest BCUT2D eigenvalue weighted by Crippen LogP contribution is 2.10. The van der Waals surface area contributed by atoms with E-state index in [1.54, 1.807) is 4.90 Å². The Labute approximate surface area is 85.2 Å². The molecule has 4 heteroatoms. The minimum Gasteiger partial charge on any atom is -0.444 e. The number of carbonyl (C=O) groups is 1. The SMILES string of the molecule is C=[N+]1CCN(C(=O)OC(C)(C)C)CC1. The molecule has 1 saturated heterocycles. The summed E-state index contributed by atoms with van der Waals surface area (Å²) in [4.78, 5) is 13.3. The zero-order valence-corrected chi connectivity index (χ0v) is 9.25. The van der Waals surface area contributed by atoms with E-state index in [1.165, 1.54) is 0 Å². The Morgan fingerprint density at radius 1 is 1.36 bits per heavy atom. The van der Waals surface area contributed by atoms with Gasteiger partial charge in [0.25, 0.3) is 0 Å². The van der Waals surface area contributed by atoms with Gasteiger partial charge in [-0.2, -0.15) is 0 Å².